The molecule has 1 fully saturated rings. The van der Waals surface area contributed by atoms with Gasteiger partial charge in [-0.2, -0.15) is 0 Å². The van der Waals surface area contributed by atoms with Gasteiger partial charge in [0.05, 0.1) is 10.4 Å². The molecule has 4 rings (SSSR count). The summed E-state index contributed by atoms with van der Waals surface area (Å²) in [6.45, 7) is 5.82. The number of fused-ring (bicyclic) bond motifs is 1. The first-order valence-electron chi connectivity index (χ1n) is 8.45. The summed E-state index contributed by atoms with van der Waals surface area (Å²) in [7, 11) is -3.58. The molecule has 2 aromatic carbocycles. The molecule has 0 atom stereocenters. The van der Waals surface area contributed by atoms with E-state index in [1.54, 1.807) is 18.3 Å². The Hall–Kier alpha value is -2.31. The zero-order valence-electron chi connectivity index (χ0n) is 14.1. The van der Waals surface area contributed by atoms with Crippen LogP contribution >= 0.6 is 0 Å². The molecule has 2 heterocycles. The van der Waals surface area contributed by atoms with Crippen molar-refractivity contribution in [2.45, 2.75) is 11.8 Å². The van der Waals surface area contributed by atoms with E-state index in [1.165, 1.54) is 3.97 Å². The summed E-state index contributed by atoms with van der Waals surface area (Å²) in [4.78, 5) is 2.63. The third kappa shape index (κ3) is 2.92. The standard InChI is InChI=1S/C19H21N3O2S/c1-15-2-5-18(6-3-15)25(23,24)22-11-8-16-14-17(4-7-19(16)22)21-12-9-20-10-13-21/h2-8,11,14,20H,9-10,12-13H2,1H3. The van der Waals surface area contributed by atoms with Crippen LogP contribution in [0, 0.1) is 6.92 Å². The lowest BCUT2D eigenvalue weighted by atomic mass is 10.2. The Labute approximate surface area is 147 Å². The minimum atomic E-state index is -3.58. The van der Waals surface area contributed by atoms with Crippen LogP contribution in [0.1, 0.15) is 5.56 Å². The molecule has 0 saturated carbocycles. The monoisotopic (exact) mass is 355 g/mol. The van der Waals surface area contributed by atoms with Crippen molar-refractivity contribution in [1.82, 2.24) is 9.29 Å². The molecule has 1 aliphatic rings. The Morgan fingerprint density at radius 1 is 0.960 bits per heavy atom. The third-order valence-corrected chi connectivity index (χ3v) is 6.40. The topological polar surface area (TPSA) is 54.3 Å². The van der Waals surface area contributed by atoms with E-state index >= 15 is 0 Å². The summed E-state index contributed by atoms with van der Waals surface area (Å²) in [5, 5.41) is 4.28. The van der Waals surface area contributed by atoms with Gasteiger partial charge in [0, 0.05) is 43.4 Å². The maximum Gasteiger partial charge on any atom is 0.268 e. The number of nitrogens with one attached hydrogen (secondary N) is 1. The normalized spacial score (nSPS) is 15.6. The van der Waals surface area contributed by atoms with Crippen LogP contribution in [0.4, 0.5) is 5.69 Å². The lowest BCUT2D eigenvalue weighted by molar-refractivity contribution is 0.589. The van der Waals surface area contributed by atoms with Crippen molar-refractivity contribution in [3.05, 3.63) is 60.3 Å². The number of benzene rings is 2. The van der Waals surface area contributed by atoms with Gasteiger partial charge >= 0.3 is 0 Å². The van der Waals surface area contributed by atoms with Crippen LogP contribution in [0.2, 0.25) is 0 Å². The van der Waals surface area contributed by atoms with Gasteiger partial charge in [0.1, 0.15) is 0 Å². The van der Waals surface area contributed by atoms with Crippen LogP contribution in [0.3, 0.4) is 0 Å². The van der Waals surface area contributed by atoms with Gasteiger partial charge in [-0.15, -0.1) is 0 Å². The lowest BCUT2D eigenvalue weighted by Gasteiger charge is -2.29. The molecule has 1 N–H and O–H groups in total. The predicted molar refractivity (Wildman–Crippen MR) is 101 cm³/mol. The van der Waals surface area contributed by atoms with Crippen LogP contribution in [-0.4, -0.2) is 38.6 Å². The second-order valence-corrected chi connectivity index (χ2v) is 8.22. The Bertz CT molecular complexity index is 1000. The molecule has 0 spiro atoms. The maximum atomic E-state index is 13.0. The molecule has 0 amide bonds. The molecule has 0 bridgehead atoms. The number of aromatic nitrogens is 1. The number of piperazine rings is 1. The van der Waals surface area contributed by atoms with E-state index in [2.05, 4.69) is 16.3 Å². The highest BCUT2D eigenvalue weighted by atomic mass is 32.2. The van der Waals surface area contributed by atoms with Crippen LogP contribution in [0.15, 0.2) is 59.6 Å². The van der Waals surface area contributed by atoms with E-state index in [4.69, 9.17) is 0 Å². The first-order valence-corrected chi connectivity index (χ1v) is 9.89. The van der Waals surface area contributed by atoms with E-state index in [0.717, 1.165) is 42.8 Å². The highest BCUT2D eigenvalue weighted by Gasteiger charge is 2.19. The molecule has 130 valence electrons. The average Bonchev–Trinajstić information content (AvgIpc) is 3.07. The summed E-state index contributed by atoms with van der Waals surface area (Å²) in [5.74, 6) is 0. The number of hydrogen-bond acceptors (Lipinski definition) is 4. The fraction of sp³-hybridized carbons (Fsp3) is 0.263. The minimum absolute atomic E-state index is 0.307. The highest BCUT2D eigenvalue weighted by Crippen LogP contribution is 2.26. The Kier molecular flexibility index (Phi) is 4.01. The molecule has 3 aromatic rings. The molecule has 25 heavy (non-hydrogen) atoms. The zero-order valence-corrected chi connectivity index (χ0v) is 15.0. The van der Waals surface area contributed by atoms with Gasteiger partial charge in [0.25, 0.3) is 10.0 Å². The van der Waals surface area contributed by atoms with Crippen molar-refractivity contribution in [2.75, 3.05) is 31.1 Å². The zero-order chi connectivity index (χ0) is 17.4. The number of hydrogen-bond donors (Lipinski definition) is 1. The molecule has 1 saturated heterocycles. The first-order chi connectivity index (χ1) is 12.1. The molecular formula is C19H21N3O2S. The van der Waals surface area contributed by atoms with Gasteiger partial charge in [-0.05, 0) is 43.3 Å². The lowest BCUT2D eigenvalue weighted by Crippen LogP contribution is -2.43. The van der Waals surface area contributed by atoms with E-state index in [-0.39, 0.29) is 0 Å². The molecule has 6 heteroatoms. The van der Waals surface area contributed by atoms with Crippen molar-refractivity contribution >= 4 is 26.6 Å². The summed E-state index contributed by atoms with van der Waals surface area (Å²) in [5.41, 5.74) is 2.89. The third-order valence-electron chi connectivity index (χ3n) is 4.70. The molecule has 1 aliphatic heterocycles. The second-order valence-electron chi connectivity index (χ2n) is 6.41. The van der Waals surface area contributed by atoms with Crippen molar-refractivity contribution in [3.8, 4) is 0 Å². The van der Waals surface area contributed by atoms with E-state index in [0.29, 0.717) is 10.4 Å². The Morgan fingerprint density at radius 3 is 2.40 bits per heavy atom. The number of aryl methyl sites for hydroxylation is 1. The van der Waals surface area contributed by atoms with E-state index in [9.17, 15) is 8.42 Å². The second kappa shape index (κ2) is 6.20. The molecule has 0 unspecified atom stereocenters. The first kappa shape index (κ1) is 16.2. The average molecular weight is 355 g/mol. The van der Waals surface area contributed by atoms with Crippen LogP contribution in [-0.2, 0) is 10.0 Å². The molecule has 0 aliphatic carbocycles. The Morgan fingerprint density at radius 2 is 1.68 bits per heavy atom. The Balaban J connectivity index is 1.74. The summed E-state index contributed by atoms with van der Waals surface area (Å²) < 4.78 is 27.3. The van der Waals surface area contributed by atoms with Crippen LogP contribution < -0.4 is 10.2 Å². The van der Waals surface area contributed by atoms with Gasteiger partial charge in [0.15, 0.2) is 0 Å². The van der Waals surface area contributed by atoms with E-state index < -0.39 is 10.0 Å². The maximum absolute atomic E-state index is 13.0. The van der Waals surface area contributed by atoms with Crippen LogP contribution in [0.25, 0.3) is 10.9 Å². The van der Waals surface area contributed by atoms with Crippen molar-refractivity contribution < 1.29 is 8.42 Å². The van der Waals surface area contributed by atoms with E-state index in [1.807, 2.05) is 37.3 Å². The summed E-state index contributed by atoms with van der Waals surface area (Å²) in [6.07, 6.45) is 1.64. The predicted octanol–water partition coefficient (Wildman–Crippen LogP) is 2.60. The van der Waals surface area contributed by atoms with Crippen molar-refractivity contribution in [1.29, 1.82) is 0 Å². The molecule has 0 radical (unpaired) electrons. The van der Waals surface area contributed by atoms with Crippen molar-refractivity contribution in [3.63, 3.8) is 0 Å². The summed E-state index contributed by atoms with van der Waals surface area (Å²) in [6, 6.07) is 14.8. The largest absolute Gasteiger partial charge is 0.369 e. The SMILES string of the molecule is Cc1ccc(S(=O)(=O)n2ccc3cc(N4CCNCC4)ccc32)cc1. The van der Waals surface area contributed by atoms with Gasteiger partial charge in [-0.3, -0.25) is 0 Å². The minimum Gasteiger partial charge on any atom is -0.369 e. The quantitative estimate of drug-likeness (QED) is 0.785. The van der Waals surface area contributed by atoms with Gasteiger partial charge < -0.3 is 10.2 Å². The van der Waals surface area contributed by atoms with Crippen molar-refractivity contribution in [2.24, 2.45) is 0 Å². The van der Waals surface area contributed by atoms with Gasteiger partial charge in [-0.25, -0.2) is 12.4 Å². The fourth-order valence-electron chi connectivity index (χ4n) is 3.26. The molecular weight excluding hydrogens is 334 g/mol. The summed E-state index contributed by atoms with van der Waals surface area (Å²) >= 11 is 0. The fourth-order valence-corrected chi connectivity index (χ4v) is 4.61. The van der Waals surface area contributed by atoms with Crippen LogP contribution in [0.5, 0.6) is 0 Å². The number of rotatable bonds is 3. The highest BCUT2D eigenvalue weighted by molar-refractivity contribution is 7.90. The molecule has 5 nitrogen and oxygen atoms in total. The van der Waals surface area contributed by atoms with Gasteiger partial charge in [0.2, 0.25) is 0 Å². The van der Waals surface area contributed by atoms with Gasteiger partial charge in [-0.1, -0.05) is 17.7 Å². The molecule has 1 aromatic heterocycles. The number of nitrogens with zero attached hydrogens (tertiary/aromatic N) is 2. The number of anilines is 1. The smallest absolute Gasteiger partial charge is 0.268 e.